The Bertz CT molecular complexity index is 623. The Morgan fingerprint density at radius 3 is 2.44 bits per heavy atom. The van der Waals surface area contributed by atoms with Gasteiger partial charge in [0.2, 0.25) is 5.91 Å². The van der Waals surface area contributed by atoms with Crippen molar-refractivity contribution in [3.8, 4) is 16.9 Å². The molecule has 0 aromatic heterocycles. The van der Waals surface area contributed by atoms with Crippen molar-refractivity contribution in [1.82, 2.24) is 10.6 Å². The summed E-state index contributed by atoms with van der Waals surface area (Å²) in [5.41, 5.74) is 2.16. The van der Waals surface area contributed by atoms with Crippen LogP contribution in [0.4, 0.5) is 0 Å². The zero-order valence-corrected chi connectivity index (χ0v) is 15.2. The molecule has 0 unspecified atom stereocenters. The summed E-state index contributed by atoms with van der Waals surface area (Å²) in [5.74, 6) is 0.766. The van der Waals surface area contributed by atoms with E-state index in [1.807, 2.05) is 42.5 Å². The number of amides is 1. The smallest absolute Gasteiger partial charge is 0.234 e. The van der Waals surface area contributed by atoms with Crippen LogP contribution in [0, 0.1) is 0 Å². The lowest BCUT2D eigenvalue weighted by Gasteiger charge is -2.12. The predicted octanol–water partition coefficient (Wildman–Crippen LogP) is 2.51. The van der Waals surface area contributed by atoms with Crippen LogP contribution in [0.2, 0.25) is 0 Å². The van der Waals surface area contributed by atoms with Gasteiger partial charge in [-0.2, -0.15) is 0 Å². The van der Waals surface area contributed by atoms with Crippen LogP contribution in [-0.2, 0) is 9.53 Å². The summed E-state index contributed by atoms with van der Waals surface area (Å²) in [6.45, 7) is 2.42. The number of nitrogens with one attached hydrogen (secondary N) is 2. The number of para-hydroxylation sites is 1. The maximum atomic E-state index is 11.6. The van der Waals surface area contributed by atoms with Crippen LogP contribution >= 0.6 is 12.4 Å². The Labute approximate surface area is 155 Å². The Morgan fingerprint density at radius 2 is 1.68 bits per heavy atom. The topological polar surface area (TPSA) is 59.6 Å². The number of hydrogen-bond acceptors (Lipinski definition) is 4. The van der Waals surface area contributed by atoms with E-state index in [2.05, 4.69) is 22.8 Å². The van der Waals surface area contributed by atoms with Gasteiger partial charge >= 0.3 is 0 Å². The van der Waals surface area contributed by atoms with Crippen molar-refractivity contribution in [3.63, 3.8) is 0 Å². The summed E-state index contributed by atoms with van der Waals surface area (Å²) in [4.78, 5) is 11.6. The van der Waals surface area contributed by atoms with Gasteiger partial charge in [0.1, 0.15) is 12.4 Å². The highest BCUT2D eigenvalue weighted by Gasteiger charge is 2.05. The largest absolute Gasteiger partial charge is 0.491 e. The minimum Gasteiger partial charge on any atom is -0.491 e. The van der Waals surface area contributed by atoms with E-state index in [9.17, 15) is 4.79 Å². The molecular formula is C19H25ClN2O3. The average Bonchev–Trinajstić information content (AvgIpc) is 2.63. The van der Waals surface area contributed by atoms with E-state index in [1.54, 1.807) is 7.11 Å². The van der Waals surface area contributed by atoms with Crippen molar-refractivity contribution in [2.75, 3.05) is 40.0 Å². The number of carbonyl (C=O) groups excluding carboxylic acids is 1. The predicted molar refractivity (Wildman–Crippen MR) is 102 cm³/mol. The normalized spacial score (nSPS) is 9.96. The van der Waals surface area contributed by atoms with Gasteiger partial charge in [0.25, 0.3) is 0 Å². The molecule has 0 fully saturated rings. The third-order valence-corrected chi connectivity index (χ3v) is 3.42. The van der Waals surface area contributed by atoms with Crippen LogP contribution in [0.15, 0.2) is 54.6 Å². The van der Waals surface area contributed by atoms with Crippen molar-refractivity contribution in [2.24, 2.45) is 0 Å². The van der Waals surface area contributed by atoms with Gasteiger partial charge in [-0.1, -0.05) is 48.5 Å². The molecule has 0 saturated carbocycles. The minimum absolute atomic E-state index is 0. The Kier molecular flexibility index (Phi) is 10.3. The summed E-state index contributed by atoms with van der Waals surface area (Å²) in [7, 11) is 1.63. The number of carbonyl (C=O) groups is 1. The third kappa shape index (κ3) is 7.56. The molecule has 2 rings (SSSR count). The van der Waals surface area contributed by atoms with E-state index in [0.29, 0.717) is 26.3 Å². The van der Waals surface area contributed by atoms with E-state index >= 15 is 0 Å². The first-order valence-electron chi connectivity index (χ1n) is 8.05. The third-order valence-electron chi connectivity index (χ3n) is 3.42. The molecule has 0 spiro atoms. The van der Waals surface area contributed by atoms with Crippen molar-refractivity contribution >= 4 is 18.3 Å². The highest BCUT2D eigenvalue weighted by molar-refractivity contribution is 5.85. The summed E-state index contributed by atoms with van der Waals surface area (Å²) >= 11 is 0. The van der Waals surface area contributed by atoms with Crippen LogP contribution in [-0.4, -0.2) is 45.9 Å². The van der Waals surface area contributed by atoms with Crippen molar-refractivity contribution < 1.29 is 14.3 Å². The number of halogens is 1. The van der Waals surface area contributed by atoms with Gasteiger partial charge in [0, 0.05) is 19.2 Å². The van der Waals surface area contributed by atoms with E-state index in [0.717, 1.165) is 16.9 Å². The molecule has 0 heterocycles. The van der Waals surface area contributed by atoms with E-state index in [1.165, 1.54) is 0 Å². The second-order valence-electron chi connectivity index (χ2n) is 5.23. The molecule has 25 heavy (non-hydrogen) atoms. The highest BCUT2D eigenvalue weighted by atomic mass is 35.5. The van der Waals surface area contributed by atoms with Gasteiger partial charge in [0.05, 0.1) is 19.7 Å². The molecule has 0 aliphatic carbocycles. The van der Waals surface area contributed by atoms with Gasteiger partial charge in [-0.25, -0.2) is 0 Å². The van der Waals surface area contributed by atoms with Gasteiger partial charge in [-0.3, -0.25) is 4.79 Å². The molecule has 0 atom stereocenters. The Morgan fingerprint density at radius 1 is 0.960 bits per heavy atom. The number of methoxy groups -OCH3 is 1. The molecule has 0 aliphatic heterocycles. The average molecular weight is 365 g/mol. The molecule has 6 heteroatoms. The van der Waals surface area contributed by atoms with Crippen molar-refractivity contribution in [3.05, 3.63) is 54.6 Å². The standard InChI is InChI=1S/C19H24N2O3.ClH/c1-23-13-11-20-15-19(22)21-12-14-24-18-10-6-5-9-17(18)16-7-3-2-4-8-16;/h2-10,20H,11-15H2,1H3,(H,21,22);1H. The van der Waals surface area contributed by atoms with Crippen molar-refractivity contribution in [2.45, 2.75) is 0 Å². The second kappa shape index (κ2) is 12.3. The van der Waals surface area contributed by atoms with Crippen molar-refractivity contribution in [1.29, 1.82) is 0 Å². The molecule has 5 nitrogen and oxygen atoms in total. The molecular weight excluding hydrogens is 340 g/mol. The number of ether oxygens (including phenoxy) is 2. The Hall–Kier alpha value is -2.08. The fourth-order valence-corrected chi connectivity index (χ4v) is 2.24. The van der Waals surface area contributed by atoms with Crippen LogP contribution in [0.1, 0.15) is 0 Å². The second-order valence-corrected chi connectivity index (χ2v) is 5.23. The maximum absolute atomic E-state index is 11.6. The molecule has 2 N–H and O–H groups in total. The number of rotatable bonds is 10. The monoisotopic (exact) mass is 364 g/mol. The maximum Gasteiger partial charge on any atom is 0.234 e. The lowest BCUT2D eigenvalue weighted by atomic mass is 10.1. The highest BCUT2D eigenvalue weighted by Crippen LogP contribution is 2.29. The quantitative estimate of drug-likeness (QED) is 0.636. The fourth-order valence-electron chi connectivity index (χ4n) is 2.24. The first-order chi connectivity index (χ1) is 11.8. The molecule has 0 aliphatic rings. The van der Waals surface area contributed by atoms with Gasteiger partial charge in [-0.15, -0.1) is 12.4 Å². The lowest BCUT2D eigenvalue weighted by Crippen LogP contribution is -2.37. The molecule has 0 bridgehead atoms. The molecule has 2 aromatic carbocycles. The molecule has 2 aromatic rings. The van der Waals surface area contributed by atoms with E-state index in [-0.39, 0.29) is 24.9 Å². The minimum atomic E-state index is -0.0500. The number of hydrogen-bond donors (Lipinski definition) is 2. The van der Waals surface area contributed by atoms with E-state index < -0.39 is 0 Å². The summed E-state index contributed by atoms with van der Waals surface area (Å²) in [6.07, 6.45) is 0. The summed E-state index contributed by atoms with van der Waals surface area (Å²) < 4.78 is 10.7. The van der Waals surface area contributed by atoms with Gasteiger partial charge in [-0.05, 0) is 11.6 Å². The Balaban J connectivity index is 0.00000312. The lowest BCUT2D eigenvalue weighted by molar-refractivity contribution is -0.120. The van der Waals surface area contributed by atoms with Crippen LogP contribution < -0.4 is 15.4 Å². The van der Waals surface area contributed by atoms with E-state index in [4.69, 9.17) is 9.47 Å². The molecule has 0 saturated heterocycles. The van der Waals surface area contributed by atoms with Crippen LogP contribution in [0.3, 0.4) is 0 Å². The first kappa shape index (κ1) is 21.0. The summed E-state index contributed by atoms with van der Waals surface area (Å²) in [5, 5.41) is 5.82. The van der Waals surface area contributed by atoms with Crippen LogP contribution in [0.5, 0.6) is 5.75 Å². The summed E-state index contributed by atoms with van der Waals surface area (Å²) in [6, 6.07) is 18.0. The van der Waals surface area contributed by atoms with Crippen LogP contribution in [0.25, 0.3) is 11.1 Å². The zero-order chi connectivity index (χ0) is 17.0. The zero-order valence-electron chi connectivity index (χ0n) is 14.4. The molecule has 0 radical (unpaired) electrons. The molecule has 1 amide bonds. The fraction of sp³-hybridized carbons (Fsp3) is 0.316. The van der Waals surface area contributed by atoms with Gasteiger partial charge in [0.15, 0.2) is 0 Å². The van der Waals surface area contributed by atoms with Gasteiger partial charge < -0.3 is 20.1 Å². The molecule has 136 valence electrons. The SMILES string of the molecule is COCCNCC(=O)NCCOc1ccccc1-c1ccccc1.Cl. The first-order valence-corrected chi connectivity index (χ1v) is 8.05. The number of benzene rings is 2.